The maximum atomic E-state index is 12.1. The summed E-state index contributed by atoms with van der Waals surface area (Å²) in [5, 5.41) is 16.0. The summed E-state index contributed by atoms with van der Waals surface area (Å²) in [5.41, 5.74) is -0.320. The molecule has 1 saturated heterocycles. The van der Waals surface area contributed by atoms with E-state index >= 15 is 0 Å². The van der Waals surface area contributed by atoms with Crippen LogP contribution in [0.15, 0.2) is 28.8 Å². The summed E-state index contributed by atoms with van der Waals surface area (Å²) in [5.74, 6) is 1.57. The molecular weight excluding hydrogens is 370 g/mol. The van der Waals surface area contributed by atoms with E-state index in [9.17, 15) is 14.7 Å². The van der Waals surface area contributed by atoms with Crippen molar-refractivity contribution < 1.29 is 24.0 Å². The first-order chi connectivity index (χ1) is 13.0. The molecule has 1 fully saturated rings. The van der Waals surface area contributed by atoms with Gasteiger partial charge in [0, 0.05) is 24.2 Å². The quantitative estimate of drug-likeness (QED) is 0.703. The summed E-state index contributed by atoms with van der Waals surface area (Å²) >= 11 is 1.54. The van der Waals surface area contributed by atoms with Gasteiger partial charge in [-0.2, -0.15) is 16.7 Å². The lowest BCUT2D eigenvalue weighted by Crippen LogP contribution is -2.54. The molecule has 0 bridgehead atoms. The van der Waals surface area contributed by atoms with Crippen LogP contribution in [0.1, 0.15) is 25.2 Å². The van der Waals surface area contributed by atoms with Crippen LogP contribution in [0.25, 0.3) is 11.4 Å². The highest BCUT2D eigenvalue weighted by Crippen LogP contribution is 2.28. The fourth-order valence-electron chi connectivity index (χ4n) is 2.83. The van der Waals surface area contributed by atoms with Crippen molar-refractivity contribution in [3.05, 3.63) is 30.2 Å². The Morgan fingerprint density at radius 2 is 2.15 bits per heavy atom. The molecule has 2 heterocycles. The van der Waals surface area contributed by atoms with Crippen LogP contribution in [0.2, 0.25) is 0 Å². The van der Waals surface area contributed by atoms with Gasteiger partial charge in [-0.1, -0.05) is 5.16 Å². The third kappa shape index (κ3) is 4.60. The van der Waals surface area contributed by atoms with E-state index in [0.29, 0.717) is 36.7 Å². The monoisotopic (exact) mass is 391 g/mol. The maximum Gasteiger partial charge on any atom is 0.330 e. The van der Waals surface area contributed by atoms with Gasteiger partial charge in [-0.3, -0.25) is 4.79 Å². The lowest BCUT2D eigenvalue weighted by atomic mass is 9.99. The number of aryl methyl sites for hydroxylation is 1. The number of carboxylic acid groups (broad SMARTS) is 1. The van der Waals surface area contributed by atoms with Crippen molar-refractivity contribution in [1.82, 2.24) is 15.5 Å². The van der Waals surface area contributed by atoms with Crippen LogP contribution >= 0.6 is 11.8 Å². The van der Waals surface area contributed by atoms with Gasteiger partial charge in [0.1, 0.15) is 11.3 Å². The average Bonchev–Trinajstić information content (AvgIpc) is 3.32. The van der Waals surface area contributed by atoms with E-state index in [2.05, 4.69) is 15.5 Å². The number of rotatable bonds is 8. The number of benzene rings is 1. The normalized spacial score (nSPS) is 19.0. The zero-order valence-electron chi connectivity index (χ0n) is 14.9. The summed E-state index contributed by atoms with van der Waals surface area (Å²) in [7, 11) is 1.60. The predicted molar refractivity (Wildman–Crippen MR) is 99.7 cm³/mol. The number of nitrogens with zero attached hydrogens (tertiary/aromatic N) is 2. The second kappa shape index (κ2) is 8.43. The molecule has 3 rings (SSSR count). The van der Waals surface area contributed by atoms with Crippen LogP contribution in [-0.2, 0) is 16.0 Å². The minimum absolute atomic E-state index is 0.208. The molecule has 1 amide bonds. The first kappa shape index (κ1) is 19.2. The lowest BCUT2D eigenvalue weighted by molar-refractivity contribution is -0.146. The number of carbonyl (C=O) groups is 2. The molecule has 1 unspecified atom stereocenters. The van der Waals surface area contributed by atoms with Crippen LogP contribution < -0.4 is 10.1 Å². The second-order valence-electron chi connectivity index (χ2n) is 6.33. The minimum Gasteiger partial charge on any atom is -0.497 e. The first-order valence-corrected chi connectivity index (χ1v) is 9.77. The second-order valence-corrected chi connectivity index (χ2v) is 7.44. The number of carbonyl (C=O) groups excluding carboxylic acids is 1. The largest absolute Gasteiger partial charge is 0.497 e. The molecule has 1 aliphatic rings. The van der Waals surface area contributed by atoms with E-state index in [0.717, 1.165) is 17.1 Å². The smallest absolute Gasteiger partial charge is 0.330 e. The Bertz CT molecular complexity index is 800. The number of amides is 1. The van der Waals surface area contributed by atoms with E-state index in [-0.39, 0.29) is 12.3 Å². The SMILES string of the molecule is COc1ccc(-c2noc(CCCC(=O)NC3(C(=O)O)CCSC3)n2)cc1. The third-order valence-electron chi connectivity index (χ3n) is 4.42. The fourth-order valence-corrected chi connectivity index (χ4v) is 4.15. The molecule has 1 atom stereocenters. The molecular formula is C18H21N3O5S. The summed E-state index contributed by atoms with van der Waals surface area (Å²) in [4.78, 5) is 27.9. The van der Waals surface area contributed by atoms with Gasteiger partial charge in [0.15, 0.2) is 0 Å². The van der Waals surface area contributed by atoms with Crippen molar-refractivity contribution in [2.45, 2.75) is 31.2 Å². The van der Waals surface area contributed by atoms with Crippen LogP contribution in [0.3, 0.4) is 0 Å². The van der Waals surface area contributed by atoms with Crippen molar-refractivity contribution in [3.8, 4) is 17.1 Å². The van der Waals surface area contributed by atoms with Crippen molar-refractivity contribution in [2.75, 3.05) is 18.6 Å². The molecule has 27 heavy (non-hydrogen) atoms. The molecule has 144 valence electrons. The van der Waals surface area contributed by atoms with E-state index < -0.39 is 11.5 Å². The Kier molecular flexibility index (Phi) is 6.00. The molecule has 2 aromatic rings. The van der Waals surface area contributed by atoms with Gasteiger partial charge in [0.05, 0.1) is 7.11 Å². The van der Waals surface area contributed by atoms with Crippen molar-refractivity contribution in [3.63, 3.8) is 0 Å². The number of hydrogen-bond acceptors (Lipinski definition) is 7. The molecule has 1 aromatic heterocycles. The van der Waals surface area contributed by atoms with Gasteiger partial charge < -0.3 is 19.7 Å². The number of aromatic nitrogens is 2. The highest BCUT2D eigenvalue weighted by atomic mass is 32.2. The summed E-state index contributed by atoms with van der Waals surface area (Å²) in [6.07, 6.45) is 1.61. The average molecular weight is 391 g/mol. The molecule has 0 aliphatic carbocycles. The Morgan fingerprint density at radius 3 is 2.78 bits per heavy atom. The number of ether oxygens (including phenoxy) is 1. The Hall–Kier alpha value is -2.55. The van der Waals surface area contributed by atoms with Gasteiger partial charge in [0.25, 0.3) is 0 Å². The van der Waals surface area contributed by atoms with Crippen molar-refractivity contribution in [1.29, 1.82) is 0 Å². The highest BCUT2D eigenvalue weighted by Gasteiger charge is 2.43. The van der Waals surface area contributed by atoms with Crippen molar-refractivity contribution in [2.24, 2.45) is 0 Å². The number of thioether (sulfide) groups is 1. The van der Waals surface area contributed by atoms with Gasteiger partial charge in [-0.25, -0.2) is 4.79 Å². The van der Waals surface area contributed by atoms with Crippen LogP contribution in [0, 0.1) is 0 Å². The number of aliphatic carboxylic acids is 1. The van der Waals surface area contributed by atoms with Crippen LogP contribution in [0.5, 0.6) is 5.75 Å². The first-order valence-electron chi connectivity index (χ1n) is 8.61. The topological polar surface area (TPSA) is 115 Å². The van der Waals surface area contributed by atoms with Gasteiger partial charge in [-0.05, 0) is 42.9 Å². The molecule has 8 nitrogen and oxygen atoms in total. The molecule has 0 radical (unpaired) electrons. The summed E-state index contributed by atoms with van der Waals surface area (Å²) < 4.78 is 10.3. The summed E-state index contributed by atoms with van der Waals surface area (Å²) in [6.45, 7) is 0. The number of hydrogen-bond donors (Lipinski definition) is 2. The fraction of sp³-hybridized carbons (Fsp3) is 0.444. The Morgan fingerprint density at radius 1 is 1.37 bits per heavy atom. The maximum absolute atomic E-state index is 12.1. The van der Waals surface area contributed by atoms with Gasteiger partial charge >= 0.3 is 5.97 Å². The standard InChI is InChI=1S/C18H21N3O5S/c1-25-13-7-5-12(6-8-13)16-19-15(26-21-16)4-2-3-14(22)20-18(17(23)24)9-10-27-11-18/h5-8H,2-4,9-11H2,1H3,(H,20,22)(H,23,24). The minimum atomic E-state index is -1.13. The molecule has 2 N–H and O–H groups in total. The zero-order chi connectivity index (χ0) is 19.3. The van der Waals surface area contributed by atoms with Crippen LogP contribution in [0.4, 0.5) is 0 Å². The van der Waals surface area contributed by atoms with Gasteiger partial charge in [-0.15, -0.1) is 0 Å². The molecule has 9 heteroatoms. The van der Waals surface area contributed by atoms with E-state index in [1.807, 2.05) is 24.3 Å². The van der Waals surface area contributed by atoms with E-state index in [4.69, 9.17) is 9.26 Å². The highest BCUT2D eigenvalue weighted by molar-refractivity contribution is 7.99. The third-order valence-corrected chi connectivity index (χ3v) is 5.61. The van der Waals surface area contributed by atoms with E-state index in [1.54, 1.807) is 7.11 Å². The van der Waals surface area contributed by atoms with Crippen molar-refractivity contribution >= 4 is 23.6 Å². The summed E-state index contributed by atoms with van der Waals surface area (Å²) in [6, 6.07) is 7.31. The molecule has 0 saturated carbocycles. The molecule has 1 aromatic carbocycles. The molecule has 0 spiro atoms. The number of nitrogens with one attached hydrogen (secondary N) is 1. The lowest BCUT2D eigenvalue weighted by Gasteiger charge is -2.24. The predicted octanol–water partition coefficient (Wildman–Crippen LogP) is 2.14. The number of carboxylic acids is 1. The Labute approximate surface area is 160 Å². The number of methoxy groups -OCH3 is 1. The van der Waals surface area contributed by atoms with E-state index in [1.165, 1.54) is 11.8 Å². The Balaban J connectivity index is 1.50. The molecule has 1 aliphatic heterocycles. The van der Waals surface area contributed by atoms with Crippen LogP contribution in [-0.4, -0.2) is 51.3 Å². The zero-order valence-corrected chi connectivity index (χ0v) is 15.8. The van der Waals surface area contributed by atoms with Gasteiger partial charge in [0.2, 0.25) is 17.6 Å².